The highest BCUT2D eigenvalue weighted by molar-refractivity contribution is 7.98. The van der Waals surface area contributed by atoms with E-state index < -0.39 is 0 Å². The van der Waals surface area contributed by atoms with Crippen molar-refractivity contribution in [3.05, 3.63) is 41.8 Å². The molecule has 0 fully saturated rings. The smallest absolute Gasteiger partial charge is 0.237 e. The third kappa shape index (κ3) is 5.07. The van der Waals surface area contributed by atoms with Gasteiger partial charge in [-0.3, -0.25) is 9.89 Å². The lowest BCUT2D eigenvalue weighted by Gasteiger charge is -2.08. The zero-order valence-electron chi connectivity index (χ0n) is 15.2. The lowest BCUT2D eigenvalue weighted by atomic mass is 10.2. The van der Waals surface area contributed by atoms with Crippen molar-refractivity contribution in [2.75, 3.05) is 12.4 Å². The van der Waals surface area contributed by atoms with Crippen LogP contribution in [-0.4, -0.2) is 38.3 Å². The summed E-state index contributed by atoms with van der Waals surface area (Å²) in [5, 5.41) is 14.3. The second-order valence-corrected chi connectivity index (χ2v) is 6.92. The Bertz CT molecular complexity index is 907. The first-order valence-electron chi connectivity index (χ1n) is 8.34. The van der Waals surface area contributed by atoms with Gasteiger partial charge in [0.25, 0.3) is 0 Å². The van der Waals surface area contributed by atoms with Gasteiger partial charge < -0.3 is 14.6 Å². The number of thioether (sulfide) groups is 1. The molecule has 142 valence electrons. The highest BCUT2D eigenvalue weighted by Crippen LogP contribution is 2.23. The van der Waals surface area contributed by atoms with Crippen LogP contribution in [0.25, 0.3) is 0 Å². The zero-order chi connectivity index (χ0) is 19.2. The number of para-hydroxylation sites is 2. The van der Waals surface area contributed by atoms with Crippen LogP contribution in [0.3, 0.4) is 0 Å². The van der Waals surface area contributed by atoms with Crippen LogP contribution < -0.4 is 10.1 Å². The minimum Gasteiger partial charge on any atom is -0.495 e. The predicted molar refractivity (Wildman–Crippen MR) is 99.7 cm³/mol. The van der Waals surface area contributed by atoms with Crippen molar-refractivity contribution in [3.63, 3.8) is 0 Å². The van der Waals surface area contributed by atoms with Crippen LogP contribution in [-0.2, 0) is 17.0 Å². The fraction of sp³-hybridized carbons (Fsp3) is 0.353. The molecule has 0 aliphatic carbocycles. The molecule has 2 heterocycles. The van der Waals surface area contributed by atoms with E-state index in [9.17, 15) is 4.79 Å². The number of nitrogens with zero attached hydrogens (tertiary/aromatic N) is 4. The van der Waals surface area contributed by atoms with Crippen LogP contribution in [0.2, 0.25) is 0 Å². The van der Waals surface area contributed by atoms with E-state index in [4.69, 9.17) is 9.26 Å². The first-order chi connectivity index (χ1) is 13.0. The fourth-order valence-electron chi connectivity index (χ4n) is 2.21. The first-order valence-corrected chi connectivity index (χ1v) is 9.33. The van der Waals surface area contributed by atoms with Gasteiger partial charge in [-0.25, -0.2) is 4.98 Å². The van der Waals surface area contributed by atoms with E-state index >= 15 is 0 Å². The van der Waals surface area contributed by atoms with Gasteiger partial charge in [-0.05, 0) is 12.1 Å². The summed E-state index contributed by atoms with van der Waals surface area (Å²) in [6.07, 6.45) is 0.00433. The number of benzene rings is 1. The van der Waals surface area contributed by atoms with Crippen molar-refractivity contribution >= 4 is 23.4 Å². The maximum Gasteiger partial charge on any atom is 0.237 e. The Morgan fingerprint density at radius 2 is 2.15 bits per heavy atom. The summed E-state index contributed by atoms with van der Waals surface area (Å²) >= 11 is 1.38. The molecule has 0 spiro atoms. The summed E-state index contributed by atoms with van der Waals surface area (Å²) in [7, 11) is 1.55. The van der Waals surface area contributed by atoms with E-state index in [0.717, 1.165) is 5.82 Å². The standard InChI is InChI=1S/C17H20N6O3S/c1-10(2)16-20-17(22-21-16)27-9-15-19-13(23-26-15)8-14(24)18-11-6-4-5-7-12(11)25-3/h4-7,10H,8-9H2,1-3H3,(H,18,24)(H,20,21,22). The first kappa shape index (κ1) is 18.9. The lowest BCUT2D eigenvalue weighted by molar-refractivity contribution is -0.115. The van der Waals surface area contributed by atoms with Crippen LogP contribution in [0.4, 0.5) is 5.69 Å². The van der Waals surface area contributed by atoms with Gasteiger partial charge in [-0.1, -0.05) is 42.9 Å². The van der Waals surface area contributed by atoms with Crippen molar-refractivity contribution in [1.82, 2.24) is 25.3 Å². The topological polar surface area (TPSA) is 119 Å². The molecule has 0 saturated carbocycles. The van der Waals surface area contributed by atoms with Gasteiger partial charge in [0.15, 0.2) is 5.82 Å². The van der Waals surface area contributed by atoms with E-state index in [1.54, 1.807) is 19.2 Å². The summed E-state index contributed by atoms with van der Waals surface area (Å²) in [5.74, 6) is 2.60. The fourth-order valence-corrected chi connectivity index (χ4v) is 2.86. The molecule has 0 atom stereocenters. The average molecular weight is 388 g/mol. The molecule has 0 aliphatic rings. The Kier molecular flexibility index (Phi) is 6.07. The lowest BCUT2D eigenvalue weighted by Crippen LogP contribution is -2.15. The molecule has 0 bridgehead atoms. The van der Waals surface area contributed by atoms with Crippen LogP contribution in [0.1, 0.15) is 37.3 Å². The number of H-pyrrole nitrogens is 1. The molecular weight excluding hydrogens is 368 g/mol. The number of aromatic amines is 1. The number of ether oxygens (including phenoxy) is 1. The number of nitrogens with one attached hydrogen (secondary N) is 2. The maximum atomic E-state index is 12.2. The van der Waals surface area contributed by atoms with Gasteiger partial charge in [0.05, 0.1) is 25.0 Å². The summed E-state index contributed by atoms with van der Waals surface area (Å²) < 4.78 is 10.4. The molecule has 3 aromatic rings. The summed E-state index contributed by atoms with van der Waals surface area (Å²) in [6, 6.07) is 7.18. The van der Waals surface area contributed by atoms with Crippen LogP contribution >= 0.6 is 11.8 Å². The zero-order valence-corrected chi connectivity index (χ0v) is 16.0. The highest BCUT2D eigenvalue weighted by Gasteiger charge is 2.14. The molecule has 0 unspecified atom stereocenters. The maximum absolute atomic E-state index is 12.2. The largest absolute Gasteiger partial charge is 0.495 e. The van der Waals surface area contributed by atoms with Gasteiger partial charge in [-0.15, -0.1) is 5.10 Å². The number of anilines is 1. The number of hydrogen-bond donors (Lipinski definition) is 2. The second kappa shape index (κ2) is 8.67. The molecule has 0 radical (unpaired) electrons. The van der Waals surface area contributed by atoms with E-state index in [-0.39, 0.29) is 18.2 Å². The van der Waals surface area contributed by atoms with Crippen molar-refractivity contribution < 1.29 is 14.1 Å². The van der Waals surface area contributed by atoms with Crippen LogP contribution in [0.5, 0.6) is 5.75 Å². The van der Waals surface area contributed by atoms with E-state index in [0.29, 0.717) is 34.1 Å². The minimum atomic E-state index is -0.255. The summed E-state index contributed by atoms with van der Waals surface area (Å²) in [4.78, 5) is 20.8. The Morgan fingerprint density at radius 1 is 1.33 bits per heavy atom. The predicted octanol–water partition coefficient (Wildman–Crippen LogP) is 2.79. The summed E-state index contributed by atoms with van der Waals surface area (Å²) in [5.41, 5.74) is 0.592. The summed E-state index contributed by atoms with van der Waals surface area (Å²) in [6.45, 7) is 4.07. The number of aromatic nitrogens is 5. The van der Waals surface area contributed by atoms with Crippen LogP contribution in [0, 0.1) is 0 Å². The number of carbonyl (C=O) groups is 1. The Balaban J connectivity index is 1.53. The number of carbonyl (C=O) groups excluding carboxylic acids is 1. The molecule has 10 heteroatoms. The van der Waals surface area contributed by atoms with Gasteiger partial charge in [0, 0.05) is 5.92 Å². The average Bonchev–Trinajstić information content (AvgIpc) is 3.29. The van der Waals surface area contributed by atoms with E-state index in [1.165, 1.54) is 11.8 Å². The van der Waals surface area contributed by atoms with E-state index in [1.807, 2.05) is 26.0 Å². The minimum absolute atomic E-state index is 0.00433. The number of rotatable bonds is 8. The third-order valence-electron chi connectivity index (χ3n) is 3.56. The Morgan fingerprint density at radius 3 is 2.89 bits per heavy atom. The van der Waals surface area contributed by atoms with Gasteiger partial charge in [0.2, 0.25) is 17.0 Å². The van der Waals surface area contributed by atoms with E-state index in [2.05, 4.69) is 30.6 Å². The molecule has 27 heavy (non-hydrogen) atoms. The molecule has 3 rings (SSSR count). The molecule has 0 aliphatic heterocycles. The van der Waals surface area contributed by atoms with Crippen molar-refractivity contribution in [1.29, 1.82) is 0 Å². The van der Waals surface area contributed by atoms with Gasteiger partial charge in [-0.2, -0.15) is 4.98 Å². The molecule has 0 saturated heterocycles. The van der Waals surface area contributed by atoms with Gasteiger partial charge >= 0.3 is 0 Å². The third-order valence-corrected chi connectivity index (χ3v) is 4.40. The van der Waals surface area contributed by atoms with Gasteiger partial charge in [0.1, 0.15) is 11.6 Å². The normalized spacial score (nSPS) is 11.0. The van der Waals surface area contributed by atoms with Crippen molar-refractivity contribution in [2.24, 2.45) is 0 Å². The number of amides is 1. The molecule has 1 amide bonds. The molecule has 1 aromatic carbocycles. The Hall–Kier alpha value is -2.88. The number of methoxy groups -OCH3 is 1. The highest BCUT2D eigenvalue weighted by atomic mass is 32.2. The molecule has 9 nitrogen and oxygen atoms in total. The molecule has 2 N–H and O–H groups in total. The van der Waals surface area contributed by atoms with Crippen molar-refractivity contribution in [2.45, 2.75) is 37.1 Å². The monoisotopic (exact) mass is 388 g/mol. The van der Waals surface area contributed by atoms with Crippen LogP contribution in [0.15, 0.2) is 33.9 Å². The quantitative estimate of drug-likeness (QED) is 0.566. The van der Waals surface area contributed by atoms with Crippen molar-refractivity contribution in [3.8, 4) is 5.75 Å². The molecular formula is C17H20N6O3S. The Labute approximate surface area is 160 Å². The number of hydrogen-bond acceptors (Lipinski definition) is 8. The molecule has 2 aromatic heterocycles. The second-order valence-electron chi connectivity index (χ2n) is 5.98. The SMILES string of the molecule is COc1ccccc1NC(=O)Cc1noc(CSc2n[nH]c(C(C)C)n2)n1.